The maximum absolute atomic E-state index is 12.6. The fourth-order valence-corrected chi connectivity index (χ4v) is 6.89. The van der Waals surface area contributed by atoms with E-state index in [1.54, 1.807) is 5.57 Å². The predicted molar refractivity (Wildman–Crippen MR) is 129 cm³/mol. The second kappa shape index (κ2) is 10.9. The van der Waals surface area contributed by atoms with Crippen LogP contribution in [0.2, 0.25) is 0 Å². The van der Waals surface area contributed by atoms with E-state index in [2.05, 4.69) is 28.3 Å². The number of para-hydroxylation sites is 1. The molecule has 0 aliphatic heterocycles. The molecule has 2 N–H and O–H groups in total. The molecule has 3 aliphatic rings. The van der Waals surface area contributed by atoms with Gasteiger partial charge in [-0.2, -0.15) is 0 Å². The van der Waals surface area contributed by atoms with Crippen LogP contribution in [-0.2, 0) is 10.0 Å². The third kappa shape index (κ3) is 6.31. The summed E-state index contributed by atoms with van der Waals surface area (Å²) in [5.41, 5.74) is 1.26. The first-order chi connectivity index (χ1) is 15.9. The van der Waals surface area contributed by atoms with Gasteiger partial charge in [-0.3, -0.25) is 10.1 Å². The Hall–Kier alpha value is -2.03. The average molecular weight is 474 g/mol. The van der Waals surface area contributed by atoms with Crippen LogP contribution in [0.1, 0.15) is 51.4 Å². The minimum atomic E-state index is -3.90. The Bertz CT molecular complexity index is 997. The molecule has 0 radical (unpaired) electrons. The molecular weight excluding hydrogens is 438 g/mol. The van der Waals surface area contributed by atoms with Crippen LogP contribution in [0.4, 0.5) is 5.69 Å². The van der Waals surface area contributed by atoms with Gasteiger partial charge in [-0.1, -0.05) is 35.9 Å². The Balaban J connectivity index is 1.16. The van der Waals surface area contributed by atoms with Crippen molar-refractivity contribution in [3.63, 3.8) is 0 Å². The Kier molecular flexibility index (Phi) is 7.98. The number of nitro benzene ring substituents is 1. The molecule has 0 bridgehead atoms. The molecule has 0 saturated heterocycles. The first-order valence-corrected chi connectivity index (χ1v) is 13.7. The second-order valence-corrected chi connectivity index (χ2v) is 11.6. The van der Waals surface area contributed by atoms with Crippen molar-refractivity contribution < 1.29 is 13.3 Å². The number of allylic oxidation sites excluding steroid dienone is 4. The van der Waals surface area contributed by atoms with Crippen LogP contribution >= 0.6 is 0 Å². The highest BCUT2D eigenvalue weighted by molar-refractivity contribution is 7.89. The molecule has 4 rings (SSSR count). The molecule has 0 spiro atoms. The fourth-order valence-electron chi connectivity index (χ4n) is 5.61. The van der Waals surface area contributed by atoms with Gasteiger partial charge in [0.05, 0.1) is 4.92 Å². The van der Waals surface area contributed by atoms with E-state index in [-0.39, 0.29) is 16.5 Å². The Morgan fingerprint density at radius 3 is 2.42 bits per heavy atom. The molecular formula is C25H35N3O4S. The van der Waals surface area contributed by atoms with Crippen molar-refractivity contribution in [2.75, 3.05) is 19.6 Å². The van der Waals surface area contributed by atoms with Crippen molar-refractivity contribution >= 4 is 15.7 Å². The van der Waals surface area contributed by atoms with Gasteiger partial charge in [0, 0.05) is 12.6 Å². The van der Waals surface area contributed by atoms with Crippen molar-refractivity contribution in [3.8, 4) is 0 Å². The van der Waals surface area contributed by atoms with Gasteiger partial charge in [-0.05, 0) is 94.2 Å². The van der Waals surface area contributed by atoms with Crippen LogP contribution in [0.15, 0.2) is 53.0 Å². The van der Waals surface area contributed by atoms with E-state index in [1.807, 2.05) is 0 Å². The van der Waals surface area contributed by atoms with Crippen LogP contribution in [-0.4, -0.2) is 33.0 Å². The van der Waals surface area contributed by atoms with E-state index in [1.165, 1.54) is 49.9 Å². The lowest BCUT2D eigenvalue weighted by atomic mass is 9.74. The molecule has 1 aromatic carbocycles. The number of sulfonamides is 1. The third-order valence-corrected chi connectivity index (χ3v) is 9.07. The van der Waals surface area contributed by atoms with Crippen LogP contribution in [0.3, 0.4) is 0 Å². The molecule has 0 amide bonds. The summed E-state index contributed by atoms with van der Waals surface area (Å²) in [7, 11) is -3.90. The minimum absolute atomic E-state index is 0.262. The first kappa shape index (κ1) is 24.1. The summed E-state index contributed by atoms with van der Waals surface area (Å²) in [4.78, 5) is 10.2. The van der Waals surface area contributed by atoms with E-state index < -0.39 is 14.9 Å². The molecule has 0 heterocycles. The van der Waals surface area contributed by atoms with E-state index in [4.69, 9.17) is 0 Å². The van der Waals surface area contributed by atoms with Crippen molar-refractivity contribution in [1.29, 1.82) is 0 Å². The second-order valence-electron chi connectivity index (χ2n) is 9.86. The summed E-state index contributed by atoms with van der Waals surface area (Å²) in [5, 5.41) is 14.9. The highest BCUT2D eigenvalue weighted by Gasteiger charge is 2.28. The Morgan fingerprint density at radius 1 is 0.970 bits per heavy atom. The number of hydrogen-bond donors (Lipinski definition) is 2. The fraction of sp³-hybridized carbons (Fsp3) is 0.600. The van der Waals surface area contributed by atoms with Crippen molar-refractivity contribution in [1.82, 2.24) is 10.0 Å². The lowest BCUT2D eigenvalue weighted by Crippen LogP contribution is -2.35. The molecule has 2 unspecified atom stereocenters. The molecule has 2 saturated carbocycles. The van der Waals surface area contributed by atoms with E-state index in [0.29, 0.717) is 12.5 Å². The lowest BCUT2D eigenvalue weighted by molar-refractivity contribution is -0.387. The summed E-state index contributed by atoms with van der Waals surface area (Å²) in [5.74, 6) is 2.45. The lowest BCUT2D eigenvalue weighted by Gasteiger charge is -2.33. The summed E-state index contributed by atoms with van der Waals surface area (Å²) in [6.07, 6.45) is 16.0. The van der Waals surface area contributed by atoms with E-state index in [0.717, 1.165) is 50.6 Å². The Labute approximate surface area is 196 Å². The summed E-state index contributed by atoms with van der Waals surface area (Å²) >= 11 is 0. The molecule has 7 nitrogen and oxygen atoms in total. The van der Waals surface area contributed by atoms with Crippen molar-refractivity contribution in [3.05, 3.63) is 58.2 Å². The first-order valence-electron chi connectivity index (χ1n) is 12.2. The van der Waals surface area contributed by atoms with Gasteiger partial charge in [0.25, 0.3) is 5.69 Å². The van der Waals surface area contributed by atoms with E-state index in [9.17, 15) is 18.5 Å². The van der Waals surface area contributed by atoms with E-state index >= 15 is 0 Å². The number of nitrogens with zero attached hydrogens (tertiary/aromatic N) is 1. The number of hydrogen-bond acceptors (Lipinski definition) is 5. The Morgan fingerprint density at radius 2 is 1.67 bits per heavy atom. The SMILES string of the molecule is O=[N+]([O-])c1ccccc1S(=O)(=O)NCC1CCC(CNCC2CCC3=CC=CCC3C2)CC1. The van der Waals surface area contributed by atoms with Crippen LogP contribution < -0.4 is 10.0 Å². The standard InChI is InChI=1S/C25H35N3O4S/c29-28(30)24-7-3-4-8-25(24)33(31,32)27-18-20-11-9-19(10-12-20)16-26-17-21-13-14-22-5-1-2-6-23(22)15-21/h1-5,7-8,19-21,23,26-27H,6,9-18H2. The molecule has 33 heavy (non-hydrogen) atoms. The third-order valence-electron chi connectivity index (χ3n) is 7.60. The van der Waals surface area contributed by atoms with Gasteiger partial charge >= 0.3 is 0 Å². The highest BCUT2D eigenvalue weighted by Crippen LogP contribution is 2.37. The molecule has 1 aromatic rings. The van der Waals surface area contributed by atoms with Gasteiger partial charge in [-0.15, -0.1) is 0 Å². The normalized spacial score (nSPS) is 27.6. The summed E-state index contributed by atoms with van der Waals surface area (Å²) in [6.45, 7) is 2.48. The zero-order valence-corrected chi connectivity index (χ0v) is 19.9. The smallest absolute Gasteiger partial charge is 0.289 e. The van der Waals surface area contributed by atoms with Crippen molar-refractivity contribution in [2.45, 2.75) is 56.3 Å². The van der Waals surface area contributed by atoms with Crippen molar-refractivity contribution in [2.24, 2.45) is 23.7 Å². The molecule has 8 heteroatoms. The summed E-state index contributed by atoms with van der Waals surface area (Å²) in [6, 6.07) is 5.50. The maximum Gasteiger partial charge on any atom is 0.289 e. The topological polar surface area (TPSA) is 101 Å². The summed E-state index contributed by atoms with van der Waals surface area (Å²) < 4.78 is 27.8. The van der Waals surface area contributed by atoms with Gasteiger partial charge in [0.15, 0.2) is 4.90 Å². The van der Waals surface area contributed by atoms with Crippen LogP contribution in [0, 0.1) is 33.8 Å². The molecule has 2 atom stereocenters. The quantitative estimate of drug-likeness (QED) is 0.404. The van der Waals surface area contributed by atoms with Crippen LogP contribution in [0.5, 0.6) is 0 Å². The van der Waals surface area contributed by atoms with Gasteiger partial charge in [0.2, 0.25) is 10.0 Å². The number of rotatable bonds is 9. The van der Waals surface area contributed by atoms with Gasteiger partial charge < -0.3 is 5.32 Å². The van der Waals surface area contributed by atoms with Gasteiger partial charge in [0.1, 0.15) is 0 Å². The highest BCUT2D eigenvalue weighted by atomic mass is 32.2. The molecule has 0 aromatic heterocycles. The molecule has 180 valence electrons. The average Bonchev–Trinajstić information content (AvgIpc) is 2.83. The maximum atomic E-state index is 12.6. The number of fused-ring (bicyclic) bond motifs is 1. The number of benzene rings is 1. The zero-order chi connectivity index (χ0) is 23.3. The molecule has 3 aliphatic carbocycles. The largest absolute Gasteiger partial charge is 0.316 e. The zero-order valence-electron chi connectivity index (χ0n) is 19.1. The molecule has 2 fully saturated rings. The predicted octanol–water partition coefficient (Wildman–Crippen LogP) is 4.57. The number of nitro groups is 1. The van der Waals surface area contributed by atoms with Crippen LogP contribution in [0.25, 0.3) is 0 Å². The number of nitrogens with one attached hydrogen (secondary N) is 2. The monoisotopic (exact) mass is 473 g/mol. The van der Waals surface area contributed by atoms with Gasteiger partial charge in [-0.25, -0.2) is 13.1 Å². The minimum Gasteiger partial charge on any atom is -0.316 e.